The molecule has 0 radical (unpaired) electrons. The highest BCUT2D eigenvalue weighted by molar-refractivity contribution is 7.89. The molecule has 2 rings (SSSR count). The predicted octanol–water partition coefficient (Wildman–Crippen LogP) is 1.75. The number of piperidine rings is 1. The Bertz CT molecular complexity index is 658. The summed E-state index contributed by atoms with van der Waals surface area (Å²) in [6.45, 7) is 1.09. The summed E-state index contributed by atoms with van der Waals surface area (Å²) in [6, 6.07) is -0.629. The van der Waals surface area contributed by atoms with Gasteiger partial charge in [-0.2, -0.15) is 0 Å². The van der Waals surface area contributed by atoms with E-state index in [4.69, 9.17) is 0 Å². The van der Waals surface area contributed by atoms with Crippen LogP contribution in [-0.2, 0) is 10.0 Å². The average molecular weight is 344 g/mol. The lowest BCUT2D eigenvalue weighted by atomic mass is 10.1. The fourth-order valence-corrected chi connectivity index (χ4v) is 3.67. The monoisotopic (exact) mass is 344 g/mol. The molecule has 4 nitrogen and oxygen atoms in total. The van der Waals surface area contributed by atoms with Crippen molar-refractivity contribution in [1.29, 1.82) is 0 Å². The average Bonchev–Trinajstić information content (AvgIpc) is 2.45. The summed E-state index contributed by atoms with van der Waals surface area (Å²) in [6.07, 6.45) is 0.732. The van der Waals surface area contributed by atoms with Crippen LogP contribution in [0.5, 0.6) is 0 Å². The first-order chi connectivity index (χ1) is 10.1. The Labute approximate surface area is 124 Å². The largest absolute Gasteiger partial charge is 0.306 e. The third kappa shape index (κ3) is 3.08. The molecule has 1 fully saturated rings. The van der Waals surface area contributed by atoms with Gasteiger partial charge in [-0.15, -0.1) is 0 Å². The standard InChI is InChI=1S/C12H13F5N2O2S/c1-19-4-2-6(3-5-19)18-22(20,21)12-10(16)8(14)7(13)9(15)11(12)17/h6,18H,2-5H2,1H3. The van der Waals surface area contributed by atoms with Gasteiger partial charge < -0.3 is 4.90 Å². The molecule has 0 bridgehead atoms. The van der Waals surface area contributed by atoms with E-state index in [2.05, 4.69) is 0 Å². The van der Waals surface area contributed by atoms with Crippen molar-refractivity contribution >= 4 is 10.0 Å². The maximum atomic E-state index is 13.6. The van der Waals surface area contributed by atoms with Crippen LogP contribution in [-0.4, -0.2) is 39.5 Å². The molecule has 0 spiro atoms. The van der Waals surface area contributed by atoms with Gasteiger partial charge in [0.15, 0.2) is 28.2 Å². The molecule has 1 aliphatic rings. The Morgan fingerprint density at radius 1 is 0.909 bits per heavy atom. The van der Waals surface area contributed by atoms with Gasteiger partial charge in [-0.1, -0.05) is 0 Å². The summed E-state index contributed by atoms with van der Waals surface area (Å²) in [4.78, 5) is 0.0752. The van der Waals surface area contributed by atoms with Crippen molar-refractivity contribution in [2.75, 3.05) is 20.1 Å². The number of nitrogens with zero attached hydrogens (tertiary/aromatic N) is 1. The first-order valence-corrected chi connectivity index (χ1v) is 7.85. The van der Waals surface area contributed by atoms with E-state index in [9.17, 15) is 30.4 Å². The molecule has 0 aromatic heterocycles. The Balaban J connectivity index is 2.38. The van der Waals surface area contributed by atoms with Crippen molar-refractivity contribution in [1.82, 2.24) is 9.62 Å². The third-order valence-corrected chi connectivity index (χ3v) is 5.02. The predicted molar refractivity (Wildman–Crippen MR) is 67.1 cm³/mol. The number of hydrogen-bond acceptors (Lipinski definition) is 3. The Kier molecular flexibility index (Phi) is 4.73. The van der Waals surface area contributed by atoms with Gasteiger partial charge in [0.25, 0.3) is 0 Å². The number of sulfonamides is 1. The molecule has 1 aromatic rings. The van der Waals surface area contributed by atoms with E-state index in [1.54, 1.807) is 0 Å². The second-order valence-corrected chi connectivity index (χ2v) is 6.75. The van der Waals surface area contributed by atoms with E-state index in [1.165, 1.54) is 0 Å². The first kappa shape index (κ1) is 17.1. The van der Waals surface area contributed by atoms with Crippen LogP contribution >= 0.6 is 0 Å². The lowest BCUT2D eigenvalue weighted by Crippen LogP contribution is -2.43. The van der Waals surface area contributed by atoms with Crippen LogP contribution < -0.4 is 4.72 Å². The lowest BCUT2D eigenvalue weighted by molar-refractivity contribution is 0.247. The molecule has 1 aliphatic heterocycles. The van der Waals surface area contributed by atoms with Crippen LogP contribution in [0.4, 0.5) is 22.0 Å². The van der Waals surface area contributed by atoms with Crippen molar-refractivity contribution in [3.8, 4) is 0 Å². The second-order valence-electron chi connectivity index (χ2n) is 5.10. The maximum Gasteiger partial charge on any atom is 0.246 e. The van der Waals surface area contributed by atoms with E-state index in [1.807, 2.05) is 16.7 Å². The van der Waals surface area contributed by atoms with E-state index < -0.39 is 50.0 Å². The Morgan fingerprint density at radius 3 is 1.77 bits per heavy atom. The zero-order valence-corrected chi connectivity index (χ0v) is 12.3. The van der Waals surface area contributed by atoms with Crippen LogP contribution in [0.1, 0.15) is 12.8 Å². The highest BCUT2D eigenvalue weighted by Crippen LogP contribution is 2.27. The Hall–Kier alpha value is -1.26. The number of benzene rings is 1. The Morgan fingerprint density at radius 2 is 1.32 bits per heavy atom. The summed E-state index contributed by atoms with van der Waals surface area (Å²) >= 11 is 0. The molecule has 22 heavy (non-hydrogen) atoms. The molecule has 1 aromatic carbocycles. The summed E-state index contributed by atoms with van der Waals surface area (Å²) in [5, 5.41) is 0. The smallest absolute Gasteiger partial charge is 0.246 e. The zero-order chi connectivity index (χ0) is 16.7. The van der Waals surface area contributed by atoms with Gasteiger partial charge in [0.05, 0.1) is 0 Å². The summed E-state index contributed by atoms with van der Waals surface area (Å²) < 4.78 is 92.2. The highest BCUT2D eigenvalue weighted by atomic mass is 32.2. The van der Waals surface area contributed by atoms with Gasteiger partial charge in [0.2, 0.25) is 15.8 Å². The van der Waals surface area contributed by atoms with E-state index in [0.717, 1.165) is 0 Å². The SMILES string of the molecule is CN1CCC(NS(=O)(=O)c2c(F)c(F)c(F)c(F)c2F)CC1. The topological polar surface area (TPSA) is 49.4 Å². The van der Waals surface area contributed by atoms with Crippen molar-refractivity contribution < 1.29 is 30.4 Å². The second kappa shape index (κ2) is 6.09. The van der Waals surface area contributed by atoms with Gasteiger partial charge in [0, 0.05) is 6.04 Å². The number of hydrogen-bond donors (Lipinski definition) is 1. The summed E-state index contributed by atoms with van der Waals surface area (Å²) in [7, 11) is -3.05. The summed E-state index contributed by atoms with van der Waals surface area (Å²) in [5.41, 5.74) is 0. The van der Waals surface area contributed by atoms with Gasteiger partial charge in [-0.05, 0) is 33.0 Å². The minimum atomic E-state index is -4.87. The number of rotatable bonds is 3. The molecule has 0 amide bonds. The van der Waals surface area contributed by atoms with Gasteiger partial charge in [0.1, 0.15) is 0 Å². The number of nitrogens with one attached hydrogen (secondary N) is 1. The molecule has 0 saturated carbocycles. The molecule has 0 atom stereocenters. The quantitative estimate of drug-likeness (QED) is 0.516. The minimum Gasteiger partial charge on any atom is -0.306 e. The van der Waals surface area contributed by atoms with Gasteiger partial charge >= 0.3 is 0 Å². The van der Waals surface area contributed by atoms with Crippen LogP contribution in [0.3, 0.4) is 0 Å². The molecule has 1 saturated heterocycles. The highest BCUT2D eigenvalue weighted by Gasteiger charge is 2.35. The molecular weight excluding hydrogens is 331 g/mol. The molecular formula is C12H13F5N2O2S. The van der Waals surface area contributed by atoms with E-state index in [-0.39, 0.29) is 0 Å². The van der Waals surface area contributed by atoms with Crippen LogP contribution in [0.25, 0.3) is 0 Å². The maximum absolute atomic E-state index is 13.6. The number of halogens is 5. The molecule has 124 valence electrons. The summed E-state index contributed by atoms with van der Waals surface area (Å²) in [5.74, 6) is -11.7. The van der Waals surface area contributed by atoms with Crippen LogP contribution in [0, 0.1) is 29.1 Å². The third-order valence-electron chi connectivity index (χ3n) is 3.48. The minimum absolute atomic E-state index is 0.366. The van der Waals surface area contributed by atoms with Gasteiger partial charge in [-0.25, -0.2) is 35.1 Å². The van der Waals surface area contributed by atoms with Crippen molar-refractivity contribution in [2.45, 2.75) is 23.8 Å². The fourth-order valence-electron chi connectivity index (χ4n) is 2.23. The van der Waals surface area contributed by atoms with Crippen molar-refractivity contribution in [3.63, 3.8) is 0 Å². The molecule has 0 aliphatic carbocycles. The zero-order valence-electron chi connectivity index (χ0n) is 11.5. The van der Waals surface area contributed by atoms with Crippen molar-refractivity contribution in [2.24, 2.45) is 0 Å². The van der Waals surface area contributed by atoms with Crippen LogP contribution in [0.15, 0.2) is 4.90 Å². The van der Waals surface area contributed by atoms with Crippen LogP contribution in [0.2, 0.25) is 0 Å². The molecule has 0 unspecified atom stereocenters. The lowest BCUT2D eigenvalue weighted by Gasteiger charge is -2.29. The molecule has 1 N–H and O–H groups in total. The van der Waals surface area contributed by atoms with Crippen molar-refractivity contribution in [3.05, 3.63) is 29.1 Å². The normalized spacial score (nSPS) is 17.9. The fraction of sp³-hybridized carbons (Fsp3) is 0.500. The first-order valence-electron chi connectivity index (χ1n) is 6.37. The number of likely N-dealkylation sites (tertiary alicyclic amines) is 1. The van der Waals surface area contributed by atoms with E-state index in [0.29, 0.717) is 25.9 Å². The molecule has 1 heterocycles. The van der Waals surface area contributed by atoms with Gasteiger partial charge in [-0.3, -0.25) is 0 Å². The van der Waals surface area contributed by atoms with E-state index >= 15 is 0 Å². The molecule has 10 heteroatoms.